The fourth-order valence-electron chi connectivity index (χ4n) is 2.62. The Morgan fingerprint density at radius 2 is 1.81 bits per heavy atom. The molecule has 0 bridgehead atoms. The molecule has 1 atom stereocenters. The first-order chi connectivity index (χ1) is 14.9. The summed E-state index contributed by atoms with van der Waals surface area (Å²) in [4.78, 5) is 24.0. The van der Waals surface area contributed by atoms with Gasteiger partial charge < -0.3 is 9.47 Å². The maximum Gasteiger partial charge on any atom is 0.276 e. The van der Waals surface area contributed by atoms with Crippen LogP contribution in [0.25, 0.3) is 6.08 Å². The molecule has 0 aromatic heterocycles. The van der Waals surface area contributed by atoms with Crippen molar-refractivity contribution in [3.05, 3.63) is 65.7 Å². The molecular weight excluding hydrogens is 414 g/mol. The molecule has 1 unspecified atom stereocenters. The van der Waals surface area contributed by atoms with Crippen LogP contribution in [-0.2, 0) is 9.59 Å². The van der Waals surface area contributed by atoms with Gasteiger partial charge in [0.2, 0.25) is 5.91 Å². The molecule has 2 amide bonds. The molecule has 0 aliphatic carbocycles. The minimum absolute atomic E-state index is 0.0299. The smallest absolute Gasteiger partial charge is 0.276 e. The number of para-hydroxylation sites is 1. The van der Waals surface area contributed by atoms with E-state index in [2.05, 4.69) is 30.0 Å². The molecule has 2 aromatic carbocycles. The van der Waals surface area contributed by atoms with Crippen molar-refractivity contribution in [2.45, 2.75) is 26.2 Å². The summed E-state index contributed by atoms with van der Waals surface area (Å²) < 4.78 is 10.7. The first kappa shape index (κ1) is 23.9. The molecule has 0 spiro atoms. The van der Waals surface area contributed by atoms with E-state index < -0.39 is 11.8 Å². The van der Waals surface area contributed by atoms with E-state index in [1.54, 1.807) is 25.3 Å². The normalized spacial score (nSPS) is 11.5. The number of thiocarbonyl (C=S) groups is 1. The van der Waals surface area contributed by atoms with Crippen molar-refractivity contribution in [2.24, 2.45) is 0 Å². The molecule has 0 saturated heterocycles. The molecule has 2 rings (SSSR count). The van der Waals surface area contributed by atoms with Crippen LogP contribution < -0.4 is 25.6 Å². The highest BCUT2D eigenvalue weighted by molar-refractivity contribution is 7.80. The van der Waals surface area contributed by atoms with Gasteiger partial charge in [-0.1, -0.05) is 44.2 Å². The molecule has 0 aliphatic rings. The van der Waals surface area contributed by atoms with Gasteiger partial charge >= 0.3 is 0 Å². The van der Waals surface area contributed by atoms with Crippen LogP contribution in [0.15, 0.2) is 54.6 Å². The zero-order valence-corrected chi connectivity index (χ0v) is 18.6. The second-order valence-electron chi connectivity index (χ2n) is 6.73. The number of carbonyl (C=O) groups is 2. The molecule has 8 heteroatoms. The molecule has 2 aromatic rings. The third-order valence-electron chi connectivity index (χ3n) is 4.52. The lowest BCUT2D eigenvalue weighted by molar-refractivity contribution is -0.123. The average Bonchev–Trinajstić information content (AvgIpc) is 2.80. The summed E-state index contributed by atoms with van der Waals surface area (Å²) >= 11 is 5.01. The number of hydrogen-bond donors (Lipinski definition) is 3. The van der Waals surface area contributed by atoms with Gasteiger partial charge in [0.15, 0.2) is 11.7 Å². The van der Waals surface area contributed by atoms with E-state index in [1.165, 1.54) is 6.08 Å². The van der Waals surface area contributed by atoms with Crippen LogP contribution in [0, 0.1) is 0 Å². The lowest BCUT2D eigenvalue weighted by Crippen LogP contribution is -2.49. The number of methoxy groups -OCH3 is 1. The number of rotatable bonds is 8. The largest absolute Gasteiger partial charge is 0.497 e. The summed E-state index contributed by atoms with van der Waals surface area (Å²) in [5.74, 6) is 0.874. The van der Waals surface area contributed by atoms with Gasteiger partial charge in [0.1, 0.15) is 11.5 Å². The van der Waals surface area contributed by atoms with Crippen molar-refractivity contribution >= 4 is 35.2 Å². The Morgan fingerprint density at radius 1 is 1.10 bits per heavy atom. The molecule has 7 nitrogen and oxygen atoms in total. The number of amides is 2. The molecule has 0 fully saturated rings. The maximum atomic E-state index is 12.0. The van der Waals surface area contributed by atoms with Gasteiger partial charge in [0.25, 0.3) is 5.91 Å². The van der Waals surface area contributed by atoms with E-state index in [-0.39, 0.29) is 11.7 Å². The van der Waals surface area contributed by atoms with Crippen molar-refractivity contribution in [1.29, 1.82) is 0 Å². The van der Waals surface area contributed by atoms with E-state index >= 15 is 0 Å². The Labute approximate surface area is 187 Å². The second kappa shape index (κ2) is 12.3. The second-order valence-corrected chi connectivity index (χ2v) is 7.14. The van der Waals surface area contributed by atoms with Crippen LogP contribution in [0.2, 0.25) is 0 Å². The fourth-order valence-corrected chi connectivity index (χ4v) is 2.77. The summed E-state index contributed by atoms with van der Waals surface area (Å²) in [7, 11) is 1.59. The SMILES string of the molecule is CCC(C)c1ccccc1OCC(=O)NNC(=S)NC(=O)/C=C/c1ccc(OC)cc1. The number of benzene rings is 2. The first-order valence-electron chi connectivity index (χ1n) is 9.86. The minimum Gasteiger partial charge on any atom is -0.497 e. The topological polar surface area (TPSA) is 88.7 Å². The van der Waals surface area contributed by atoms with Gasteiger partial charge in [-0.25, -0.2) is 0 Å². The quantitative estimate of drug-likeness (QED) is 0.331. The zero-order valence-electron chi connectivity index (χ0n) is 17.8. The molecule has 164 valence electrons. The third-order valence-corrected chi connectivity index (χ3v) is 4.72. The fraction of sp³-hybridized carbons (Fsp3) is 0.261. The Hall–Kier alpha value is -3.39. The van der Waals surface area contributed by atoms with Crippen LogP contribution in [0.5, 0.6) is 11.5 Å². The minimum atomic E-state index is -0.429. The molecule has 0 saturated carbocycles. The average molecular weight is 442 g/mol. The van der Waals surface area contributed by atoms with Crippen LogP contribution in [0.4, 0.5) is 0 Å². The van der Waals surface area contributed by atoms with Gasteiger partial charge in [-0.2, -0.15) is 0 Å². The number of ether oxygens (including phenoxy) is 2. The number of carbonyl (C=O) groups excluding carboxylic acids is 2. The summed E-state index contributed by atoms with van der Waals surface area (Å²) in [5, 5.41) is 2.42. The Kier molecular flexibility index (Phi) is 9.51. The predicted molar refractivity (Wildman–Crippen MR) is 125 cm³/mol. The van der Waals surface area contributed by atoms with Crippen molar-refractivity contribution in [3.63, 3.8) is 0 Å². The summed E-state index contributed by atoms with van der Waals surface area (Å²) in [5.41, 5.74) is 6.76. The van der Waals surface area contributed by atoms with Crippen LogP contribution in [0.1, 0.15) is 37.3 Å². The Bertz CT molecular complexity index is 929. The maximum absolute atomic E-state index is 12.0. The molecule has 0 heterocycles. The highest BCUT2D eigenvalue weighted by Gasteiger charge is 2.11. The first-order valence-corrected chi connectivity index (χ1v) is 10.3. The highest BCUT2D eigenvalue weighted by atomic mass is 32.1. The van der Waals surface area contributed by atoms with E-state index in [0.29, 0.717) is 11.7 Å². The van der Waals surface area contributed by atoms with Crippen molar-refractivity contribution in [2.75, 3.05) is 13.7 Å². The van der Waals surface area contributed by atoms with Gasteiger partial charge in [0, 0.05) is 6.08 Å². The van der Waals surface area contributed by atoms with Gasteiger partial charge in [-0.15, -0.1) is 0 Å². The van der Waals surface area contributed by atoms with Gasteiger partial charge in [0.05, 0.1) is 7.11 Å². The molecule has 0 aliphatic heterocycles. The van der Waals surface area contributed by atoms with E-state index in [4.69, 9.17) is 21.7 Å². The number of nitrogens with one attached hydrogen (secondary N) is 3. The van der Waals surface area contributed by atoms with Gasteiger partial charge in [-0.3, -0.25) is 25.8 Å². The van der Waals surface area contributed by atoms with Crippen molar-refractivity contribution in [1.82, 2.24) is 16.2 Å². The van der Waals surface area contributed by atoms with Crippen molar-refractivity contribution in [3.8, 4) is 11.5 Å². The van der Waals surface area contributed by atoms with Crippen LogP contribution in [0.3, 0.4) is 0 Å². The van der Waals surface area contributed by atoms with E-state index in [9.17, 15) is 9.59 Å². The van der Waals surface area contributed by atoms with E-state index in [1.807, 2.05) is 36.4 Å². The third kappa shape index (κ3) is 8.10. The Morgan fingerprint density at radius 3 is 2.48 bits per heavy atom. The summed E-state index contributed by atoms with van der Waals surface area (Å²) in [6.07, 6.45) is 3.94. The standard InChI is InChI=1S/C23H27N3O4S/c1-4-16(2)19-7-5-6-8-20(19)30-15-22(28)25-26-23(31)24-21(27)14-11-17-9-12-18(29-3)13-10-17/h5-14,16H,4,15H2,1-3H3,(H,25,28)(H2,24,26,27,31)/b14-11+. The molecule has 3 N–H and O–H groups in total. The molecule has 31 heavy (non-hydrogen) atoms. The zero-order chi connectivity index (χ0) is 22.6. The number of hydrogen-bond acceptors (Lipinski definition) is 5. The van der Waals surface area contributed by atoms with Crippen LogP contribution >= 0.6 is 12.2 Å². The van der Waals surface area contributed by atoms with Gasteiger partial charge in [-0.05, 0) is 60.0 Å². The number of hydrazine groups is 1. The molecular formula is C23H27N3O4S. The monoisotopic (exact) mass is 441 g/mol. The summed E-state index contributed by atoms with van der Waals surface area (Å²) in [6.45, 7) is 4.02. The lowest BCUT2D eigenvalue weighted by Gasteiger charge is -2.16. The summed E-state index contributed by atoms with van der Waals surface area (Å²) in [6, 6.07) is 14.9. The van der Waals surface area contributed by atoms with Crippen molar-refractivity contribution < 1.29 is 19.1 Å². The van der Waals surface area contributed by atoms with Crippen LogP contribution in [-0.4, -0.2) is 30.6 Å². The predicted octanol–water partition coefficient (Wildman–Crippen LogP) is 3.32. The Balaban J connectivity index is 1.75. The molecule has 0 radical (unpaired) electrons. The highest BCUT2D eigenvalue weighted by Crippen LogP contribution is 2.28. The van der Waals surface area contributed by atoms with E-state index in [0.717, 1.165) is 23.3 Å². The lowest BCUT2D eigenvalue weighted by atomic mass is 9.98.